The van der Waals surface area contributed by atoms with Gasteiger partial charge in [-0.3, -0.25) is 4.79 Å². The van der Waals surface area contributed by atoms with Crippen molar-refractivity contribution in [3.63, 3.8) is 0 Å². The first-order valence-corrected chi connectivity index (χ1v) is 8.54. The molecule has 2 aromatic rings. The van der Waals surface area contributed by atoms with Gasteiger partial charge in [0.15, 0.2) is 0 Å². The number of nitrogens with one attached hydrogen (secondary N) is 1. The maximum atomic E-state index is 13.3. The molecule has 2 aromatic carbocycles. The van der Waals surface area contributed by atoms with Crippen molar-refractivity contribution in [3.05, 3.63) is 59.4 Å². The molecule has 1 amide bonds. The van der Waals surface area contributed by atoms with E-state index in [9.17, 15) is 17.6 Å². The molecule has 7 heteroatoms. The van der Waals surface area contributed by atoms with Gasteiger partial charge in [-0.2, -0.15) is 0 Å². The van der Waals surface area contributed by atoms with Crippen LogP contribution in [0.25, 0.3) is 0 Å². The van der Waals surface area contributed by atoms with E-state index < -0.39 is 15.8 Å². The highest BCUT2D eigenvalue weighted by atomic mass is 32.2. The van der Waals surface area contributed by atoms with Gasteiger partial charge in [-0.05, 0) is 55.4 Å². The van der Waals surface area contributed by atoms with Crippen molar-refractivity contribution in [1.29, 1.82) is 0 Å². The van der Waals surface area contributed by atoms with Crippen molar-refractivity contribution in [2.24, 2.45) is 0 Å². The number of amides is 1. The van der Waals surface area contributed by atoms with E-state index in [-0.39, 0.29) is 16.4 Å². The first-order chi connectivity index (χ1) is 10.9. The van der Waals surface area contributed by atoms with E-state index in [1.165, 1.54) is 31.3 Å². The third kappa shape index (κ3) is 2.85. The highest BCUT2D eigenvalue weighted by molar-refractivity contribution is 7.89. The van der Waals surface area contributed by atoms with Crippen LogP contribution in [-0.4, -0.2) is 27.9 Å². The summed E-state index contributed by atoms with van der Waals surface area (Å²) in [7, 11) is -2.17. The lowest BCUT2D eigenvalue weighted by Gasteiger charge is -2.17. The summed E-state index contributed by atoms with van der Waals surface area (Å²) in [6.07, 6.45) is 0.559. The first kappa shape index (κ1) is 15.6. The number of sulfonamides is 1. The number of rotatable bonds is 3. The van der Waals surface area contributed by atoms with Gasteiger partial charge in [0.05, 0.1) is 4.90 Å². The van der Waals surface area contributed by atoms with E-state index >= 15 is 0 Å². The van der Waals surface area contributed by atoms with Crippen LogP contribution in [-0.2, 0) is 16.4 Å². The van der Waals surface area contributed by atoms with Gasteiger partial charge in [-0.1, -0.05) is 6.07 Å². The maximum Gasteiger partial charge on any atom is 0.258 e. The summed E-state index contributed by atoms with van der Waals surface area (Å²) in [5.41, 5.74) is 1.71. The summed E-state index contributed by atoms with van der Waals surface area (Å²) in [6, 6.07) is 10.2. The SMILES string of the molecule is CNS(=O)(=O)c1ccc2c(c1)CCN2C(=O)c1cccc(F)c1. The van der Waals surface area contributed by atoms with Gasteiger partial charge in [-0.25, -0.2) is 17.5 Å². The van der Waals surface area contributed by atoms with Gasteiger partial charge in [0.2, 0.25) is 10.0 Å². The lowest BCUT2D eigenvalue weighted by atomic mass is 10.1. The first-order valence-electron chi connectivity index (χ1n) is 7.06. The fourth-order valence-electron chi connectivity index (χ4n) is 2.65. The minimum Gasteiger partial charge on any atom is -0.308 e. The molecule has 0 bridgehead atoms. The molecule has 0 aromatic heterocycles. The Hall–Kier alpha value is -2.25. The van der Waals surface area contributed by atoms with Crippen LogP contribution in [0.4, 0.5) is 10.1 Å². The summed E-state index contributed by atoms with van der Waals surface area (Å²) < 4.78 is 39.2. The zero-order valence-corrected chi connectivity index (χ0v) is 13.2. The summed E-state index contributed by atoms with van der Waals surface area (Å²) >= 11 is 0. The molecule has 0 saturated heterocycles. The summed E-state index contributed by atoms with van der Waals surface area (Å²) in [5, 5.41) is 0. The molecule has 23 heavy (non-hydrogen) atoms. The number of carbonyl (C=O) groups is 1. The minimum absolute atomic E-state index is 0.166. The van der Waals surface area contributed by atoms with E-state index in [1.54, 1.807) is 23.1 Å². The third-order valence-corrected chi connectivity index (χ3v) is 5.25. The van der Waals surface area contributed by atoms with E-state index in [2.05, 4.69) is 4.72 Å². The number of benzene rings is 2. The van der Waals surface area contributed by atoms with E-state index in [0.29, 0.717) is 18.7 Å². The molecule has 0 aliphatic carbocycles. The third-order valence-electron chi connectivity index (χ3n) is 3.84. The van der Waals surface area contributed by atoms with Crippen LogP contribution in [0.15, 0.2) is 47.4 Å². The zero-order valence-electron chi connectivity index (χ0n) is 12.4. The summed E-state index contributed by atoms with van der Waals surface area (Å²) in [5.74, 6) is -0.766. The Balaban J connectivity index is 1.95. The molecule has 3 rings (SSSR count). The normalized spacial score (nSPS) is 13.9. The Bertz CT molecular complexity index is 881. The molecule has 1 aliphatic heterocycles. The molecule has 1 heterocycles. The minimum atomic E-state index is -3.52. The topological polar surface area (TPSA) is 66.5 Å². The largest absolute Gasteiger partial charge is 0.308 e. The van der Waals surface area contributed by atoms with Crippen LogP contribution in [0.2, 0.25) is 0 Å². The van der Waals surface area contributed by atoms with Gasteiger partial charge in [-0.15, -0.1) is 0 Å². The maximum absolute atomic E-state index is 13.3. The number of halogens is 1. The van der Waals surface area contributed by atoms with Gasteiger partial charge < -0.3 is 4.90 Å². The molecule has 1 N–H and O–H groups in total. The van der Waals surface area contributed by atoms with Crippen LogP contribution in [0, 0.1) is 5.82 Å². The predicted octanol–water partition coefficient (Wildman–Crippen LogP) is 1.94. The molecule has 0 atom stereocenters. The molecular formula is C16H15FN2O3S. The van der Waals surface area contributed by atoms with Crippen molar-refractivity contribution < 1.29 is 17.6 Å². The van der Waals surface area contributed by atoms with Crippen LogP contribution < -0.4 is 9.62 Å². The molecule has 0 spiro atoms. The Morgan fingerprint density at radius 1 is 1.22 bits per heavy atom. The number of hydrogen-bond acceptors (Lipinski definition) is 3. The van der Waals surface area contributed by atoms with Gasteiger partial charge in [0, 0.05) is 17.8 Å². The second kappa shape index (κ2) is 5.75. The standard InChI is InChI=1S/C16H15FN2O3S/c1-18-23(21,22)14-5-6-15-11(10-14)7-8-19(15)16(20)12-3-2-4-13(17)9-12/h2-6,9-10,18H,7-8H2,1H3. The van der Waals surface area contributed by atoms with Gasteiger partial charge in [0.1, 0.15) is 5.82 Å². The second-order valence-electron chi connectivity index (χ2n) is 5.22. The molecule has 0 radical (unpaired) electrons. The van der Waals surface area contributed by atoms with E-state index in [4.69, 9.17) is 0 Å². The number of nitrogens with zero attached hydrogens (tertiary/aromatic N) is 1. The van der Waals surface area contributed by atoms with Gasteiger partial charge in [0.25, 0.3) is 5.91 Å². The Morgan fingerprint density at radius 2 is 2.00 bits per heavy atom. The highest BCUT2D eigenvalue weighted by Gasteiger charge is 2.27. The van der Waals surface area contributed by atoms with Crippen molar-refractivity contribution in [2.45, 2.75) is 11.3 Å². The molecule has 0 fully saturated rings. The Morgan fingerprint density at radius 3 is 2.70 bits per heavy atom. The lowest BCUT2D eigenvalue weighted by molar-refractivity contribution is 0.0989. The van der Waals surface area contributed by atoms with Crippen molar-refractivity contribution in [3.8, 4) is 0 Å². The van der Waals surface area contributed by atoms with Crippen molar-refractivity contribution in [2.75, 3.05) is 18.5 Å². The summed E-state index contributed by atoms with van der Waals surface area (Å²) in [6.45, 7) is 0.438. The molecule has 120 valence electrons. The number of carbonyl (C=O) groups excluding carboxylic acids is 1. The fraction of sp³-hybridized carbons (Fsp3) is 0.188. The number of hydrogen-bond donors (Lipinski definition) is 1. The average Bonchev–Trinajstić information content (AvgIpc) is 2.97. The van der Waals surface area contributed by atoms with E-state index in [1.807, 2.05) is 0 Å². The average molecular weight is 334 g/mol. The summed E-state index contributed by atoms with van der Waals surface area (Å²) in [4.78, 5) is 14.2. The molecule has 5 nitrogen and oxygen atoms in total. The quantitative estimate of drug-likeness (QED) is 0.933. The molecule has 1 aliphatic rings. The molecule has 0 saturated carbocycles. The van der Waals surface area contributed by atoms with Crippen molar-refractivity contribution >= 4 is 21.6 Å². The van der Waals surface area contributed by atoms with Crippen LogP contribution >= 0.6 is 0 Å². The number of anilines is 1. The molecule has 0 unspecified atom stereocenters. The highest BCUT2D eigenvalue weighted by Crippen LogP contribution is 2.31. The Kier molecular flexibility index (Phi) is 3.91. The van der Waals surface area contributed by atoms with Crippen LogP contribution in [0.1, 0.15) is 15.9 Å². The smallest absolute Gasteiger partial charge is 0.258 e. The lowest BCUT2D eigenvalue weighted by Crippen LogP contribution is -2.28. The van der Waals surface area contributed by atoms with Crippen LogP contribution in [0.5, 0.6) is 0 Å². The number of fused-ring (bicyclic) bond motifs is 1. The predicted molar refractivity (Wildman–Crippen MR) is 84.5 cm³/mol. The molecular weight excluding hydrogens is 319 g/mol. The Labute approximate surface area is 133 Å². The van der Waals surface area contributed by atoms with Gasteiger partial charge >= 0.3 is 0 Å². The van der Waals surface area contributed by atoms with E-state index in [0.717, 1.165) is 5.56 Å². The van der Waals surface area contributed by atoms with Crippen molar-refractivity contribution in [1.82, 2.24) is 4.72 Å². The monoisotopic (exact) mass is 334 g/mol. The zero-order chi connectivity index (χ0) is 16.6. The second-order valence-corrected chi connectivity index (χ2v) is 7.10. The fourth-order valence-corrected chi connectivity index (χ4v) is 3.43. The van der Waals surface area contributed by atoms with Crippen LogP contribution in [0.3, 0.4) is 0 Å².